The van der Waals surface area contributed by atoms with Crippen LogP contribution in [0.15, 0.2) is 47.6 Å². The van der Waals surface area contributed by atoms with Gasteiger partial charge >= 0.3 is 0 Å². The van der Waals surface area contributed by atoms with Crippen molar-refractivity contribution in [2.24, 2.45) is 5.18 Å². The van der Waals surface area contributed by atoms with Gasteiger partial charge in [0.05, 0.1) is 17.1 Å². The molecule has 0 atom stereocenters. The molecule has 4 nitrogen and oxygen atoms in total. The van der Waals surface area contributed by atoms with E-state index in [-0.39, 0.29) is 11.6 Å². The molecule has 106 valence electrons. The first kappa shape index (κ1) is 13.9. The number of benzene rings is 2. The van der Waals surface area contributed by atoms with E-state index in [9.17, 15) is 10.0 Å². The summed E-state index contributed by atoms with van der Waals surface area (Å²) in [4.78, 5) is 11.0. The molecule has 0 fully saturated rings. The SMILES string of the molecule is O=Nc1c(O)n(Cc2ccccc2Cl)c2c(Cl)cccc12. The third kappa shape index (κ3) is 2.26. The molecular formula is C15H10Cl2N2O2. The topological polar surface area (TPSA) is 54.6 Å². The Labute approximate surface area is 130 Å². The van der Waals surface area contributed by atoms with Crippen LogP contribution in [0.5, 0.6) is 5.88 Å². The van der Waals surface area contributed by atoms with Gasteiger partial charge in [-0.25, -0.2) is 0 Å². The lowest BCUT2D eigenvalue weighted by atomic mass is 10.2. The molecule has 0 saturated heterocycles. The van der Waals surface area contributed by atoms with Crippen molar-refractivity contribution in [3.8, 4) is 5.88 Å². The van der Waals surface area contributed by atoms with Crippen LogP contribution < -0.4 is 0 Å². The molecule has 3 rings (SSSR count). The summed E-state index contributed by atoms with van der Waals surface area (Å²) < 4.78 is 1.54. The molecule has 0 aliphatic heterocycles. The summed E-state index contributed by atoms with van der Waals surface area (Å²) in [5.74, 6) is -0.215. The number of hydrogen-bond donors (Lipinski definition) is 1. The quantitative estimate of drug-likeness (QED) is 0.682. The number of rotatable bonds is 3. The second kappa shape index (κ2) is 5.39. The number of nitroso groups, excluding NO2 is 1. The van der Waals surface area contributed by atoms with E-state index >= 15 is 0 Å². The molecule has 0 unspecified atom stereocenters. The standard InChI is InChI=1S/C15H10Cl2N2O2/c16-11-6-2-1-4-9(11)8-19-14-10(5-3-7-12(14)17)13(18-21)15(19)20/h1-7,20H,8H2. The molecule has 0 aliphatic carbocycles. The van der Waals surface area contributed by atoms with Gasteiger partial charge in [0.25, 0.3) is 0 Å². The van der Waals surface area contributed by atoms with Crippen molar-refractivity contribution in [1.29, 1.82) is 0 Å². The highest BCUT2D eigenvalue weighted by molar-refractivity contribution is 6.35. The van der Waals surface area contributed by atoms with Crippen LogP contribution in [0.4, 0.5) is 5.69 Å². The van der Waals surface area contributed by atoms with Gasteiger partial charge in [-0.2, -0.15) is 0 Å². The fourth-order valence-electron chi connectivity index (χ4n) is 2.38. The van der Waals surface area contributed by atoms with E-state index in [0.717, 1.165) is 5.56 Å². The summed E-state index contributed by atoms with van der Waals surface area (Å²) in [6, 6.07) is 12.4. The highest BCUT2D eigenvalue weighted by Gasteiger charge is 2.20. The summed E-state index contributed by atoms with van der Waals surface area (Å²) in [7, 11) is 0. The predicted molar refractivity (Wildman–Crippen MR) is 84.6 cm³/mol. The van der Waals surface area contributed by atoms with E-state index in [0.29, 0.717) is 27.5 Å². The Bertz CT molecular complexity index is 843. The summed E-state index contributed by atoms with van der Waals surface area (Å²) in [6.45, 7) is 0.293. The molecule has 0 bridgehead atoms. The summed E-state index contributed by atoms with van der Waals surface area (Å²) >= 11 is 12.3. The van der Waals surface area contributed by atoms with Gasteiger partial charge < -0.3 is 9.67 Å². The summed E-state index contributed by atoms with van der Waals surface area (Å²) in [5.41, 5.74) is 1.36. The van der Waals surface area contributed by atoms with Crippen molar-refractivity contribution in [2.45, 2.75) is 6.54 Å². The predicted octanol–water partition coefficient (Wildman–Crippen LogP) is 5.10. The Morgan fingerprint density at radius 3 is 2.48 bits per heavy atom. The van der Waals surface area contributed by atoms with E-state index in [1.165, 1.54) is 4.57 Å². The van der Waals surface area contributed by atoms with Gasteiger partial charge in [0.15, 0.2) is 5.69 Å². The van der Waals surface area contributed by atoms with Crippen LogP contribution in [0.2, 0.25) is 10.0 Å². The minimum atomic E-state index is -0.215. The van der Waals surface area contributed by atoms with Gasteiger partial charge in [-0.1, -0.05) is 53.5 Å². The number of nitrogens with zero attached hydrogens (tertiary/aromatic N) is 2. The van der Waals surface area contributed by atoms with Crippen molar-refractivity contribution in [2.75, 3.05) is 0 Å². The summed E-state index contributed by atoms with van der Waals surface area (Å²) in [6.07, 6.45) is 0. The van der Waals surface area contributed by atoms with E-state index in [4.69, 9.17) is 23.2 Å². The van der Waals surface area contributed by atoms with Gasteiger partial charge in [0, 0.05) is 10.4 Å². The average molecular weight is 321 g/mol. The van der Waals surface area contributed by atoms with Gasteiger partial charge in [-0.15, -0.1) is 4.91 Å². The Kier molecular flexibility index (Phi) is 3.57. The molecule has 1 aromatic heterocycles. The van der Waals surface area contributed by atoms with Crippen molar-refractivity contribution in [3.63, 3.8) is 0 Å². The van der Waals surface area contributed by atoms with Crippen LogP contribution in [-0.2, 0) is 6.54 Å². The van der Waals surface area contributed by atoms with Crippen LogP contribution >= 0.6 is 23.2 Å². The summed E-state index contributed by atoms with van der Waals surface area (Å²) in [5, 5.41) is 14.7. The van der Waals surface area contributed by atoms with E-state index in [2.05, 4.69) is 5.18 Å². The maximum Gasteiger partial charge on any atom is 0.222 e. The number of hydrogen-bond acceptors (Lipinski definition) is 3. The number of halogens is 2. The fraction of sp³-hybridized carbons (Fsp3) is 0.0667. The second-order valence-electron chi connectivity index (χ2n) is 4.58. The Balaban J connectivity index is 2.25. The molecular weight excluding hydrogens is 311 g/mol. The average Bonchev–Trinajstić information content (AvgIpc) is 2.75. The van der Waals surface area contributed by atoms with E-state index in [1.807, 2.05) is 18.2 Å². The molecule has 1 N–H and O–H groups in total. The highest BCUT2D eigenvalue weighted by atomic mass is 35.5. The zero-order valence-electron chi connectivity index (χ0n) is 10.8. The lowest BCUT2D eigenvalue weighted by Gasteiger charge is -2.09. The van der Waals surface area contributed by atoms with Gasteiger partial charge in [0.1, 0.15) is 0 Å². The molecule has 21 heavy (non-hydrogen) atoms. The van der Waals surface area contributed by atoms with Crippen molar-refractivity contribution in [1.82, 2.24) is 4.57 Å². The normalized spacial score (nSPS) is 11.0. The molecule has 6 heteroatoms. The number of fused-ring (bicyclic) bond motifs is 1. The molecule has 0 aliphatic rings. The van der Waals surface area contributed by atoms with E-state index < -0.39 is 0 Å². The van der Waals surface area contributed by atoms with Crippen LogP contribution in [-0.4, -0.2) is 9.67 Å². The molecule has 1 heterocycles. The monoisotopic (exact) mass is 320 g/mol. The first-order valence-electron chi connectivity index (χ1n) is 6.20. The molecule has 0 radical (unpaired) electrons. The molecule has 3 aromatic rings. The van der Waals surface area contributed by atoms with Crippen LogP contribution in [0, 0.1) is 4.91 Å². The zero-order chi connectivity index (χ0) is 15.0. The number of aromatic hydroxyl groups is 1. The fourth-order valence-corrected chi connectivity index (χ4v) is 2.85. The maximum atomic E-state index is 11.0. The Morgan fingerprint density at radius 2 is 1.76 bits per heavy atom. The van der Waals surface area contributed by atoms with Gasteiger partial charge in [0.2, 0.25) is 5.88 Å². The number of aromatic nitrogens is 1. The molecule has 0 spiro atoms. The second-order valence-corrected chi connectivity index (χ2v) is 5.39. The van der Waals surface area contributed by atoms with Crippen LogP contribution in [0.3, 0.4) is 0 Å². The highest BCUT2D eigenvalue weighted by Crippen LogP contribution is 2.41. The minimum absolute atomic E-state index is 0.0143. The Morgan fingerprint density at radius 1 is 1.05 bits per heavy atom. The third-order valence-corrected chi connectivity index (χ3v) is 4.03. The smallest absolute Gasteiger partial charge is 0.222 e. The molecule has 2 aromatic carbocycles. The maximum absolute atomic E-state index is 11.0. The lowest BCUT2D eigenvalue weighted by Crippen LogP contribution is -1.99. The largest absolute Gasteiger partial charge is 0.493 e. The van der Waals surface area contributed by atoms with E-state index in [1.54, 1.807) is 24.3 Å². The Hall–Kier alpha value is -2.04. The van der Waals surface area contributed by atoms with Crippen molar-refractivity contribution in [3.05, 3.63) is 63.0 Å². The lowest BCUT2D eigenvalue weighted by molar-refractivity contribution is 0.430. The van der Waals surface area contributed by atoms with Crippen molar-refractivity contribution < 1.29 is 5.11 Å². The third-order valence-electron chi connectivity index (χ3n) is 3.36. The minimum Gasteiger partial charge on any atom is -0.493 e. The van der Waals surface area contributed by atoms with Crippen molar-refractivity contribution >= 4 is 39.8 Å². The van der Waals surface area contributed by atoms with Gasteiger partial charge in [-0.3, -0.25) is 0 Å². The zero-order valence-corrected chi connectivity index (χ0v) is 12.3. The molecule has 0 saturated carbocycles. The molecule has 0 amide bonds. The first-order valence-corrected chi connectivity index (χ1v) is 6.95. The van der Waals surface area contributed by atoms with Crippen LogP contribution in [0.25, 0.3) is 10.9 Å². The van der Waals surface area contributed by atoms with Crippen LogP contribution in [0.1, 0.15) is 5.56 Å². The first-order chi connectivity index (χ1) is 10.1. The number of para-hydroxylation sites is 1. The van der Waals surface area contributed by atoms with Gasteiger partial charge in [-0.05, 0) is 22.9 Å².